The van der Waals surface area contributed by atoms with Gasteiger partial charge in [0, 0.05) is 44.2 Å². The van der Waals surface area contributed by atoms with E-state index in [-0.39, 0.29) is 6.03 Å². The van der Waals surface area contributed by atoms with E-state index in [2.05, 4.69) is 10.3 Å². The van der Waals surface area contributed by atoms with Gasteiger partial charge in [0.05, 0.1) is 11.1 Å². The third-order valence-electron chi connectivity index (χ3n) is 4.42. The van der Waals surface area contributed by atoms with Crippen LogP contribution >= 0.6 is 11.3 Å². The lowest BCUT2D eigenvalue weighted by atomic mass is 9.90. The maximum atomic E-state index is 12.1. The molecule has 0 radical (unpaired) electrons. The van der Waals surface area contributed by atoms with Gasteiger partial charge in [-0.05, 0) is 31.6 Å². The van der Waals surface area contributed by atoms with Crippen LogP contribution in [0.1, 0.15) is 30.7 Å². The largest absolute Gasteiger partial charge is 0.378 e. The summed E-state index contributed by atoms with van der Waals surface area (Å²) < 4.78 is 5.77. The van der Waals surface area contributed by atoms with E-state index in [4.69, 9.17) is 4.74 Å². The quantitative estimate of drug-likeness (QED) is 0.928. The van der Waals surface area contributed by atoms with E-state index in [0.717, 1.165) is 44.0 Å². The molecule has 2 fully saturated rings. The number of amides is 2. The molecule has 1 atom stereocenters. The molecule has 2 saturated heterocycles. The van der Waals surface area contributed by atoms with Crippen LogP contribution in [0.2, 0.25) is 0 Å². The van der Waals surface area contributed by atoms with Gasteiger partial charge in [0.1, 0.15) is 0 Å². The van der Waals surface area contributed by atoms with E-state index < -0.39 is 0 Å². The second kappa shape index (κ2) is 7.22. The topological polar surface area (TPSA) is 54.5 Å². The van der Waals surface area contributed by atoms with E-state index in [0.29, 0.717) is 18.6 Å². The van der Waals surface area contributed by atoms with Crippen LogP contribution in [0.5, 0.6) is 0 Å². The molecule has 0 aromatic carbocycles. The molecule has 3 heterocycles. The maximum absolute atomic E-state index is 12.1. The summed E-state index contributed by atoms with van der Waals surface area (Å²) in [5.41, 5.74) is 0. The molecule has 0 unspecified atom stereocenters. The first-order valence-corrected chi connectivity index (χ1v) is 8.73. The van der Waals surface area contributed by atoms with Crippen LogP contribution in [0.3, 0.4) is 0 Å². The molecule has 0 spiro atoms. The molecule has 2 amide bonds. The second-order valence-corrected chi connectivity index (χ2v) is 6.76. The Balaban J connectivity index is 1.36. The summed E-state index contributed by atoms with van der Waals surface area (Å²) in [6, 6.07) is 0.0670. The van der Waals surface area contributed by atoms with Crippen molar-refractivity contribution in [1.82, 2.24) is 15.2 Å². The average molecular weight is 309 g/mol. The van der Waals surface area contributed by atoms with Gasteiger partial charge in [0.15, 0.2) is 0 Å². The van der Waals surface area contributed by atoms with Crippen molar-refractivity contribution in [2.75, 3.05) is 26.2 Å². The lowest BCUT2D eigenvalue weighted by Crippen LogP contribution is -2.46. The third kappa shape index (κ3) is 3.95. The van der Waals surface area contributed by atoms with Crippen molar-refractivity contribution in [2.24, 2.45) is 5.92 Å². The SMILES string of the molecule is O=C(NCCc1nccs1)N1CCC([C@H]2CCCO2)CC1. The van der Waals surface area contributed by atoms with E-state index in [9.17, 15) is 4.79 Å². The van der Waals surface area contributed by atoms with Crippen molar-refractivity contribution in [3.8, 4) is 0 Å². The van der Waals surface area contributed by atoms with Crippen LogP contribution in [0, 0.1) is 5.92 Å². The van der Waals surface area contributed by atoms with Gasteiger partial charge in [-0.15, -0.1) is 11.3 Å². The van der Waals surface area contributed by atoms with Crippen LogP contribution in [0.15, 0.2) is 11.6 Å². The summed E-state index contributed by atoms with van der Waals surface area (Å²) in [6.45, 7) is 3.29. The van der Waals surface area contributed by atoms with Crippen molar-refractivity contribution >= 4 is 17.4 Å². The maximum Gasteiger partial charge on any atom is 0.317 e. The highest BCUT2D eigenvalue weighted by atomic mass is 32.1. The summed E-state index contributed by atoms with van der Waals surface area (Å²) >= 11 is 1.63. The number of aromatic nitrogens is 1. The number of hydrogen-bond donors (Lipinski definition) is 1. The number of hydrogen-bond acceptors (Lipinski definition) is 4. The van der Waals surface area contributed by atoms with Crippen LogP contribution < -0.4 is 5.32 Å². The van der Waals surface area contributed by atoms with Crippen molar-refractivity contribution in [3.05, 3.63) is 16.6 Å². The monoisotopic (exact) mass is 309 g/mol. The summed E-state index contributed by atoms with van der Waals surface area (Å²) in [4.78, 5) is 18.3. The van der Waals surface area contributed by atoms with Crippen LogP contribution in [0.4, 0.5) is 4.79 Å². The number of ether oxygens (including phenoxy) is 1. The molecule has 2 aliphatic heterocycles. The molecule has 116 valence electrons. The molecule has 3 rings (SSSR count). The van der Waals surface area contributed by atoms with Gasteiger partial charge in [0.2, 0.25) is 0 Å². The number of piperidine rings is 1. The number of carbonyl (C=O) groups is 1. The van der Waals surface area contributed by atoms with Gasteiger partial charge in [-0.25, -0.2) is 9.78 Å². The number of thiazole rings is 1. The Morgan fingerprint density at radius 1 is 1.43 bits per heavy atom. The van der Waals surface area contributed by atoms with Crippen molar-refractivity contribution in [1.29, 1.82) is 0 Å². The van der Waals surface area contributed by atoms with E-state index >= 15 is 0 Å². The number of nitrogens with zero attached hydrogens (tertiary/aromatic N) is 2. The van der Waals surface area contributed by atoms with Gasteiger partial charge in [-0.3, -0.25) is 0 Å². The summed E-state index contributed by atoms with van der Waals surface area (Å²) in [5.74, 6) is 0.645. The molecule has 2 aliphatic rings. The molecule has 5 nitrogen and oxygen atoms in total. The van der Waals surface area contributed by atoms with Crippen LogP contribution in [-0.2, 0) is 11.2 Å². The van der Waals surface area contributed by atoms with Crippen LogP contribution in [-0.4, -0.2) is 48.3 Å². The van der Waals surface area contributed by atoms with E-state index in [1.54, 1.807) is 17.5 Å². The smallest absolute Gasteiger partial charge is 0.317 e. The highest BCUT2D eigenvalue weighted by Gasteiger charge is 2.30. The lowest BCUT2D eigenvalue weighted by Gasteiger charge is -2.34. The van der Waals surface area contributed by atoms with Gasteiger partial charge in [-0.1, -0.05) is 0 Å². The highest BCUT2D eigenvalue weighted by molar-refractivity contribution is 7.09. The van der Waals surface area contributed by atoms with Gasteiger partial charge in [0.25, 0.3) is 0 Å². The average Bonchev–Trinajstić information content (AvgIpc) is 3.21. The van der Waals surface area contributed by atoms with Gasteiger partial charge >= 0.3 is 6.03 Å². The molecule has 21 heavy (non-hydrogen) atoms. The Labute approximate surface area is 129 Å². The Morgan fingerprint density at radius 3 is 2.95 bits per heavy atom. The van der Waals surface area contributed by atoms with E-state index in [1.807, 2.05) is 10.3 Å². The Bertz CT molecular complexity index is 438. The molecule has 0 aliphatic carbocycles. The minimum atomic E-state index is 0.0670. The Morgan fingerprint density at radius 2 is 2.29 bits per heavy atom. The molecule has 6 heteroatoms. The summed E-state index contributed by atoms with van der Waals surface area (Å²) in [6.07, 6.45) is 7.61. The second-order valence-electron chi connectivity index (χ2n) is 5.78. The first-order valence-electron chi connectivity index (χ1n) is 7.85. The zero-order valence-corrected chi connectivity index (χ0v) is 13.1. The van der Waals surface area contributed by atoms with Crippen LogP contribution in [0.25, 0.3) is 0 Å². The highest BCUT2D eigenvalue weighted by Crippen LogP contribution is 2.28. The minimum Gasteiger partial charge on any atom is -0.378 e. The zero-order valence-electron chi connectivity index (χ0n) is 12.3. The third-order valence-corrected chi connectivity index (χ3v) is 5.26. The molecule has 1 aromatic heterocycles. The number of rotatable bonds is 4. The molecule has 0 bridgehead atoms. The Kier molecular flexibility index (Phi) is 5.08. The Hall–Kier alpha value is -1.14. The normalized spacial score (nSPS) is 23.4. The fourth-order valence-corrected chi connectivity index (χ4v) is 3.83. The summed E-state index contributed by atoms with van der Waals surface area (Å²) in [7, 11) is 0. The standard InChI is InChI=1S/C15H23N3O2S/c19-15(17-6-3-14-16-7-11-21-14)18-8-4-12(5-9-18)13-2-1-10-20-13/h7,11-13H,1-6,8-10H2,(H,17,19)/t13-/m1/s1. The summed E-state index contributed by atoms with van der Waals surface area (Å²) in [5, 5.41) is 6.04. The number of likely N-dealkylation sites (tertiary alicyclic amines) is 1. The molecular weight excluding hydrogens is 286 g/mol. The molecular formula is C15H23N3O2S. The van der Waals surface area contributed by atoms with Crippen molar-refractivity contribution < 1.29 is 9.53 Å². The molecule has 0 saturated carbocycles. The first kappa shape index (κ1) is 14.8. The van der Waals surface area contributed by atoms with Crippen molar-refractivity contribution in [3.63, 3.8) is 0 Å². The molecule has 1 N–H and O–H groups in total. The fraction of sp³-hybridized carbons (Fsp3) is 0.733. The molecule has 1 aromatic rings. The van der Waals surface area contributed by atoms with Gasteiger partial charge < -0.3 is 15.0 Å². The number of urea groups is 1. The minimum absolute atomic E-state index is 0.0670. The number of carbonyl (C=O) groups excluding carboxylic acids is 1. The zero-order chi connectivity index (χ0) is 14.5. The number of nitrogens with one attached hydrogen (secondary N) is 1. The van der Waals surface area contributed by atoms with E-state index in [1.165, 1.54) is 12.8 Å². The lowest BCUT2D eigenvalue weighted by molar-refractivity contribution is 0.0373. The fourth-order valence-electron chi connectivity index (χ4n) is 3.21. The predicted molar refractivity (Wildman–Crippen MR) is 82.5 cm³/mol. The first-order chi connectivity index (χ1) is 10.3. The predicted octanol–water partition coefficient (Wildman–Crippen LogP) is 2.29. The van der Waals surface area contributed by atoms with Crippen molar-refractivity contribution in [2.45, 2.75) is 38.2 Å². The van der Waals surface area contributed by atoms with Gasteiger partial charge in [-0.2, -0.15) is 0 Å².